The average Bonchev–Trinajstić information content (AvgIpc) is 2.48. The molecule has 106 valence electrons. The Balaban J connectivity index is 2.41. The molecule has 0 bridgehead atoms. The summed E-state index contributed by atoms with van der Waals surface area (Å²) >= 11 is 0. The first-order valence-corrected chi connectivity index (χ1v) is 6.64. The van der Waals surface area contributed by atoms with Crippen LogP contribution in [0.2, 0.25) is 0 Å². The van der Waals surface area contributed by atoms with Gasteiger partial charge in [-0.15, -0.1) is 0 Å². The zero-order chi connectivity index (χ0) is 15.0. The van der Waals surface area contributed by atoms with E-state index < -0.39 is 11.6 Å². The van der Waals surface area contributed by atoms with Gasteiger partial charge in [0.15, 0.2) is 0 Å². The lowest BCUT2D eigenvalue weighted by Gasteiger charge is -2.15. The summed E-state index contributed by atoms with van der Waals surface area (Å²) in [5.74, 6) is -1.23. The highest BCUT2D eigenvalue weighted by atomic mass is 19.1. The first kappa shape index (κ1) is 13.5. The molecular weight excluding hydrogens is 270 g/mol. The smallest absolute Gasteiger partial charge is 0.137 e. The van der Waals surface area contributed by atoms with E-state index in [-0.39, 0.29) is 0 Å². The van der Waals surface area contributed by atoms with Crippen LogP contribution in [0.25, 0.3) is 22.2 Å². The molecule has 1 N–H and O–H groups in total. The van der Waals surface area contributed by atoms with E-state index in [9.17, 15) is 8.78 Å². The Morgan fingerprint density at radius 2 is 1.76 bits per heavy atom. The minimum atomic E-state index is -0.627. The minimum Gasteiger partial charge on any atom is -0.387 e. The molecule has 3 rings (SSSR count). The Morgan fingerprint density at radius 1 is 1.05 bits per heavy atom. The summed E-state index contributed by atoms with van der Waals surface area (Å²) < 4.78 is 27.6. The predicted octanol–water partition coefficient (Wildman–Crippen LogP) is 4.53. The highest BCUT2D eigenvalue weighted by Gasteiger charge is 2.16. The van der Waals surface area contributed by atoms with Gasteiger partial charge in [-0.25, -0.2) is 13.8 Å². The molecule has 1 aromatic heterocycles. The molecule has 0 aliphatic rings. The van der Waals surface area contributed by atoms with Gasteiger partial charge in [-0.1, -0.05) is 30.3 Å². The highest BCUT2D eigenvalue weighted by Crippen LogP contribution is 2.34. The van der Waals surface area contributed by atoms with Crippen LogP contribution < -0.4 is 5.32 Å². The third-order valence-corrected chi connectivity index (χ3v) is 3.54. The Bertz CT molecular complexity index is 814. The Morgan fingerprint density at radius 3 is 2.43 bits per heavy atom. The first-order chi connectivity index (χ1) is 10.1. The van der Waals surface area contributed by atoms with Crippen molar-refractivity contribution < 1.29 is 8.78 Å². The molecule has 2 aromatic carbocycles. The van der Waals surface area contributed by atoms with Gasteiger partial charge >= 0.3 is 0 Å². The number of anilines is 1. The van der Waals surface area contributed by atoms with E-state index in [2.05, 4.69) is 10.3 Å². The quantitative estimate of drug-likeness (QED) is 0.748. The molecule has 0 radical (unpaired) electrons. The summed E-state index contributed by atoms with van der Waals surface area (Å²) in [6.45, 7) is 1.88. The summed E-state index contributed by atoms with van der Waals surface area (Å²) in [6.07, 6.45) is 0. The maximum atomic E-state index is 14.1. The van der Waals surface area contributed by atoms with Crippen LogP contribution in [0.1, 0.15) is 5.56 Å². The molecular formula is C17H14F2N2. The number of pyridine rings is 1. The SMILES string of the molecule is CNc1c(C)c(-c2ccccc2)nc2cc(F)cc(F)c12. The number of rotatable bonds is 2. The fraction of sp³-hybridized carbons (Fsp3) is 0.118. The van der Waals surface area contributed by atoms with Crippen LogP contribution in [0, 0.1) is 18.6 Å². The number of hydrogen-bond donors (Lipinski definition) is 1. The number of aromatic nitrogens is 1. The van der Waals surface area contributed by atoms with Crippen LogP contribution in [-0.4, -0.2) is 12.0 Å². The van der Waals surface area contributed by atoms with Crippen molar-refractivity contribution in [1.29, 1.82) is 0 Å². The lowest BCUT2D eigenvalue weighted by molar-refractivity contribution is 0.591. The van der Waals surface area contributed by atoms with Gasteiger partial charge in [0.25, 0.3) is 0 Å². The zero-order valence-electron chi connectivity index (χ0n) is 11.7. The van der Waals surface area contributed by atoms with E-state index in [4.69, 9.17) is 0 Å². The van der Waals surface area contributed by atoms with Gasteiger partial charge in [-0.05, 0) is 12.5 Å². The van der Waals surface area contributed by atoms with Gasteiger partial charge in [0.05, 0.1) is 22.3 Å². The van der Waals surface area contributed by atoms with E-state index >= 15 is 0 Å². The maximum absolute atomic E-state index is 14.1. The van der Waals surface area contributed by atoms with Crippen molar-refractivity contribution in [1.82, 2.24) is 4.98 Å². The standard InChI is InChI=1S/C17H14F2N2/c1-10-16(11-6-4-3-5-7-11)21-14-9-12(18)8-13(19)15(14)17(10)20-2/h3-9H,1-2H3,(H,20,21). The second-order valence-electron chi connectivity index (χ2n) is 4.86. The van der Waals surface area contributed by atoms with E-state index in [1.54, 1.807) is 7.05 Å². The topological polar surface area (TPSA) is 24.9 Å². The number of hydrogen-bond acceptors (Lipinski definition) is 2. The third-order valence-electron chi connectivity index (χ3n) is 3.54. The molecule has 21 heavy (non-hydrogen) atoms. The maximum Gasteiger partial charge on any atom is 0.137 e. The van der Waals surface area contributed by atoms with Crippen molar-refractivity contribution >= 4 is 16.6 Å². The van der Waals surface area contributed by atoms with Crippen molar-refractivity contribution in [3.8, 4) is 11.3 Å². The van der Waals surface area contributed by atoms with Crippen molar-refractivity contribution in [3.63, 3.8) is 0 Å². The normalized spacial score (nSPS) is 10.9. The van der Waals surface area contributed by atoms with Gasteiger partial charge in [0.1, 0.15) is 11.6 Å². The molecule has 0 aliphatic heterocycles. The van der Waals surface area contributed by atoms with Crippen molar-refractivity contribution in [2.24, 2.45) is 0 Å². The lowest BCUT2D eigenvalue weighted by atomic mass is 10.0. The second-order valence-corrected chi connectivity index (χ2v) is 4.86. The molecule has 0 fully saturated rings. The van der Waals surface area contributed by atoms with Crippen LogP contribution >= 0.6 is 0 Å². The summed E-state index contributed by atoms with van der Waals surface area (Å²) in [5, 5.41) is 3.32. The van der Waals surface area contributed by atoms with Gasteiger partial charge in [-0.2, -0.15) is 0 Å². The van der Waals surface area contributed by atoms with E-state index in [1.807, 2.05) is 37.3 Å². The number of nitrogens with zero attached hydrogens (tertiary/aromatic N) is 1. The summed E-state index contributed by atoms with van der Waals surface area (Å²) in [7, 11) is 1.72. The van der Waals surface area contributed by atoms with Crippen molar-refractivity contribution in [2.45, 2.75) is 6.92 Å². The van der Waals surface area contributed by atoms with E-state index in [0.717, 1.165) is 22.9 Å². The Kier molecular flexibility index (Phi) is 3.29. The Hall–Kier alpha value is -2.49. The molecule has 2 nitrogen and oxygen atoms in total. The van der Waals surface area contributed by atoms with Gasteiger partial charge < -0.3 is 5.32 Å². The summed E-state index contributed by atoms with van der Waals surface area (Å²) in [6, 6.07) is 11.7. The van der Waals surface area contributed by atoms with E-state index in [0.29, 0.717) is 16.6 Å². The molecule has 0 atom stereocenters. The van der Waals surface area contributed by atoms with Crippen LogP contribution in [0.3, 0.4) is 0 Å². The molecule has 0 amide bonds. The van der Waals surface area contributed by atoms with Crippen molar-refractivity contribution in [3.05, 3.63) is 59.7 Å². The molecule has 0 saturated heterocycles. The number of nitrogens with one attached hydrogen (secondary N) is 1. The molecule has 1 heterocycles. The predicted molar refractivity (Wildman–Crippen MR) is 81.4 cm³/mol. The number of fused-ring (bicyclic) bond motifs is 1. The van der Waals surface area contributed by atoms with Crippen LogP contribution in [-0.2, 0) is 0 Å². The molecule has 0 aliphatic carbocycles. The minimum absolute atomic E-state index is 0.307. The molecule has 0 spiro atoms. The van der Waals surface area contributed by atoms with E-state index in [1.165, 1.54) is 6.07 Å². The zero-order valence-corrected chi connectivity index (χ0v) is 11.7. The highest BCUT2D eigenvalue weighted by molar-refractivity contribution is 5.96. The first-order valence-electron chi connectivity index (χ1n) is 6.64. The third kappa shape index (κ3) is 2.23. The lowest BCUT2D eigenvalue weighted by Crippen LogP contribution is -2.01. The monoisotopic (exact) mass is 284 g/mol. The van der Waals surface area contributed by atoms with Crippen LogP contribution in [0.5, 0.6) is 0 Å². The largest absolute Gasteiger partial charge is 0.387 e. The van der Waals surface area contributed by atoms with Gasteiger partial charge in [0.2, 0.25) is 0 Å². The van der Waals surface area contributed by atoms with Crippen LogP contribution in [0.4, 0.5) is 14.5 Å². The summed E-state index contributed by atoms with van der Waals surface area (Å²) in [5.41, 5.74) is 3.41. The molecule has 3 aromatic rings. The molecule has 0 unspecified atom stereocenters. The summed E-state index contributed by atoms with van der Waals surface area (Å²) in [4.78, 5) is 4.46. The van der Waals surface area contributed by atoms with Gasteiger partial charge in [-0.3, -0.25) is 0 Å². The fourth-order valence-electron chi connectivity index (χ4n) is 2.60. The molecule has 4 heteroatoms. The second kappa shape index (κ2) is 5.13. The fourth-order valence-corrected chi connectivity index (χ4v) is 2.60. The average molecular weight is 284 g/mol. The Labute approximate surface area is 121 Å². The number of halogens is 2. The molecule has 0 saturated carbocycles. The van der Waals surface area contributed by atoms with Crippen molar-refractivity contribution in [2.75, 3.05) is 12.4 Å². The van der Waals surface area contributed by atoms with Crippen LogP contribution in [0.15, 0.2) is 42.5 Å². The number of benzene rings is 2. The van der Waals surface area contributed by atoms with Gasteiger partial charge in [0, 0.05) is 24.7 Å².